The van der Waals surface area contributed by atoms with Gasteiger partial charge in [-0.2, -0.15) is 0 Å². The Hall–Kier alpha value is -1.43. The number of thiophene rings is 1. The number of carbonyl (C=O) groups excluding carboxylic acids is 1. The molecule has 0 aliphatic heterocycles. The molecule has 0 spiro atoms. The van der Waals surface area contributed by atoms with Gasteiger partial charge in [0.05, 0.1) is 4.88 Å². The number of benzene rings is 1. The number of likely N-dealkylation sites (N-methyl/N-ethyl adjacent to an activating group) is 1. The first-order chi connectivity index (χ1) is 9.93. The average molecular weight is 343 g/mol. The first-order valence-corrected chi connectivity index (χ1v) is 7.59. The monoisotopic (exact) mass is 342 g/mol. The Balaban J connectivity index is 0.00000242. The van der Waals surface area contributed by atoms with Crippen molar-refractivity contribution in [3.8, 4) is 10.4 Å². The first kappa shape index (κ1) is 18.6. The van der Waals surface area contributed by atoms with Crippen LogP contribution >= 0.6 is 23.7 Å². The third-order valence-electron chi connectivity index (χ3n) is 3.56. The number of carbonyl (C=O) groups is 1. The van der Waals surface area contributed by atoms with Crippen LogP contribution in [0.15, 0.2) is 30.3 Å². The van der Waals surface area contributed by atoms with Crippen molar-refractivity contribution in [2.24, 2.45) is 5.73 Å². The molecule has 6 heteroatoms. The van der Waals surface area contributed by atoms with Gasteiger partial charge in [0.1, 0.15) is 5.82 Å². The molecule has 1 heterocycles. The van der Waals surface area contributed by atoms with Gasteiger partial charge in [-0.05, 0) is 43.2 Å². The van der Waals surface area contributed by atoms with Crippen LogP contribution < -0.4 is 5.73 Å². The number of rotatable bonds is 4. The molecule has 22 heavy (non-hydrogen) atoms. The lowest BCUT2D eigenvalue weighted by molar-refractivity contribution is 0.0753. The zero-order valence-corrected chi connectivity index (χ0v) is 14.4. The van der Waals surface area contributed by atoms with Crippen molar-refractivity contribution >= 4 is 29.7 Å². The lowest BCUT2D eigenvalue weighted by Gasteiger charge is -2.22. The summed E-state index contributed by atoms with van der Waals surface area (Å²) in [6, 6.07) is 8.19. The van der Waals surface area contributed by atoms with Gasteiger partial charge in [0.2, 0.25) is 0 Å². The SMILES string of the molecule is Cc1cc(C(=O)N(C)C(C)CN)sc1-c1ccc(F)cc1.Cl. The second-order valence-electron chi connectivity index (χ2n) is 5.13. The Morgan fingerprint density at radius 3 is 2.50 bits per heavy atom. The zero-order chi connectivity index (χ0) is 15.6. The summed E-state index contributed by atoms with van der Waals surface area (Å²) < 4.78 is 13.0. The van der Waals surface area contributed by atoms with Crippen LogP contribution in [0.2, 0.25) is 0 Å². The van der Waals surface area contributed by atoms with Crippen molar-refractivity contribution < 1.29 is 9.18 Å². The number of nitrogens with zero attached hydrogens (tertiary/aromatic N) is 1. The largest absolute Gasteiger partial charge is 0.337 e. The van der Waals surface area contributed by atoms with Crippen LogP contribution in [-0.2, 0) is 0 Å². The molecule has 1 atom stereocenters. The van der Waals surface area contributed by atoms with Gasteiger partial charge in [0, 0.05) is 24.5 Å². The summed E-state index contributed by atoms with van der Waals surface area (Å²) in [5.74, 6) is -0.296. The van der Waals surface area contributed by atoms with Crippen LogP contribution in [-0.4, -0.2) is 30.4 Å². The third kappa shape index (κ3) is 3.85. The zero-order valence-electron chi connectivity index (χ0n) is 12.8. The summed E-state index contributed by atoms with van der Waals surface area (Å²) in [6.45, 7) is 4.30. The molecule has 0 saturated carbocycles. The van der Waals surface area contributed by atoms with Gasteiger partial charge in [0.15, 0.2) is 0 Å². The fourth-order valence-electron chi connectivity index (χ4n) is 2.01. The Kier molecular flexibility index (Phi) is 6.53. The molecule has 0 saturated heterocycles. The van der Waals surface area contributed by atoms with E-state index in [4.69, 9.17) is 5.73 Å². The summed E-state index contributed by atoms with van der Waals surface area (Å²) >= 11 is 1.43. The normalized spacial score (nSPS) is 11.7. The highest BCUT2D eigenvalue weighted by atomic mass is 35.5. The van der Waals surface area contributed by atoms with Crippen molar-refractivity contribution in [3.05, 3.63) is 46.6 Å². The van der Waals surface area contributed by atoms with E-state index in [0.717, 1.165) is 16.0 Å². The number of halogens is 2. The fourth-order valence-corrected chi connectivity index (χ4v) is 3.17. The quantitative estimate of drug-likeness (QED) is 0.920. The number of amides is 1. The van der Waals surface area contributed by atoms with Crippen LogP contribution in [0.4, 0.5) is 4.39 Å². The predicted octanol–water partition coefficient (Wildman–Crippen LogP) is 3.70. The highest BCUT2D eigenvalue weighted by Crippen LogP contribution is 2.33. The molecular weight excluding hydrogens is 323 g/mol. The second kappa shape index (κ2) is 7.72. The van der Waals surface area contributed by atoms with Crippen LogP contribution in [0.5, 0.6) is 0 Å². The van der Waals surface area contributed by atoms with E-state index in [0.29, 0.717) is 11.4 Å². The van der Waals surface area contributed by atoms with Crippen LogP contribution in [0, 0.1) is 12.7 Å². The fraction of sp³-hybridized carbons (Fsp3) is 0.312. The Bertz CT molecular complexity index is 642. The van der Waals surface area contributed by atoms with Gasteiger partial charge in [-0.15, -0.1) is 23.7 Å². The van der Waals surface area contributed by atoms with Crippen molar-refractivity contribution in [3.63, 3.8) is 0 Å². The molecule has 3 nitrogen and oxygen atoms in total. The molecule has 120 valence electrons. The summed E-state index contributed by atoms with van der Waals surface area (Å²) in [5, 5.41) is 0. The second-order valence-corrected chi connectivity index (χ2v) is 6.18. The summed E-state index contributed by atoms with van der Waals surface area (Å²) in [7, 11) is 1.76. The van der Waals surface area contributed by atoms with E-state index in [1.807, 2.05) is 19.9 Å². The smallest absolute Gasteiger partial charge is 0.263 e. The van der Waals surface area contributed by atoms with Gasteiger partial charge in [-0.25, -0.2) is 4.39 Å². The molecule has 1 unspecified atom stereocenters. The maximum Gasteiger partial charge on any atom is 0.263 e. The molecule has 0 aliphatic rings. The van der Waals surface area contributed by atoms with Crippen molar-refractivity contribution in [1.29, 1.82) is 0 Å². The summed E-state index contributed by atoms with van der Waals surface area (Å²) in [6.07, 6.45) is 0. The Morgan fingerprint density at radius 2 is 1.95 bits per heavy atom. The first-order valence-electron chi connectivity index (χ1n) is 6.77. The molecular formula is C16H20ClFN2OS. The maximum atomic E-state index is 13.0. The van der Waals surface area contributed by atoms with E-state index in [9.17, 15) is 9.18 Å². The standard InChI is InChI=1S/C16H19FN2OS.ClH/c1-10-8-14(16(20)19(3)11(2)9-18)21-15(10)12-4-6-13(17)7-5-12;/h4-8,11H,9,18H2,1-3H3;1H. The minimum Gasteiger partial charge on any atom is -0.337 e. The lowest BCUT2D eigenvalue weighted by atomic mass is 10.1. The van der Waals surface area contributed by atoms with E-state index in [2.05, 4.69) is 0 Å². The minimum absolute atomic E-state index is 0. The van der Waals surface area contributed by atoms with Crippen molar-refractivity contribution in [1.82, 2.24) is 4.90 Å². The van der Waals surface area contributed by atoms with E-state index in [1.54, 1.807) is 24.1 Å². The highest BCUT2D eigenvalue weighted by Gasteiger charge is 2.20. The molecule has 2 aromatic rings. The third-order valence-corrected chi connectivity index (χ3v) is 4.83. The summed E-state index contributed by atoms with van der Waals surface area (Å²) in [4.78, 5) is 15.7. The van der Waals surface area contributed by atoms with E-state index in [1.165, 1.54) is 23.5 Å². The van der Waals surface area contributed by atoms with Gasteiger partial charge in [0.25, 0.3) is 5.91 Å². The highest BCUT2D eigenvalue weighted by molar-refractivity contribution is 7.17. The summed E-state index contributed by atoms with van der Waals surface area (Å²) in [5.41, 5.74) is 7.54. The van der Waals surface area contributed by atoms with E-state index < -0.39 is 0 Å². The number of aryl methyl sites for hydroxylation is 1. The molecule has 1 aromatic heterocycles. The number of hydrogen-bond acceptors (Lipinski definition) is 3. The molecule has 2 rings (SSSR count). The number of hydrogen-bond donors (Lipinski definition) is 1. The molecule has 0 fully saturated rings. The van der Waals surface area contributed by atoms with E-state index >= 15 is 0 Å². The van der Waals surface area contributed by atoms with Crippen molar-refractivity contribution in [2.45, 2.75) is 19.9 Å². The number of nitrogens with two attached hydrogens (primary N) is 1. The lowest BCUT2D eigenvalue weighted by Crippen LogP contribution is -2.39. The topological polar surface area (TPSA) is 46.3 Å². The van der Waals surface area contributed by atoms with Crippen LogP contribution in [0.25, 0.3) is 10.4 Å². The molecule has 0 aliphatic carbocycles. The molecule has 1 aromatic carbocycles. The Morgan fingerprint density at radius 1 is 1.36 bits per heavy atom. The van der Waals surface area contributed by atoms with Gasteiger partial charge >= 0.3 is 0 Å². The molecule has 2 N–H and O–H groups in total. The molecule has 0 radical (unpaired) electrons. The van der Waals surface area contributed by atoms with Gasteiger partial charge in [-0.1, -0.05) is 12.1 Å². The average Bonchev–Trinajstić information content (AvgIpc) is 2.87. The van der Waals surface area contributed by atoms with Gasteiger partial charge in [-0.3, -0.25) is 4.79 Å². The van der Waals surface area contributed by atoms with Crippen LogP contribution in [0.1, 0.15) is 22.2 Å². The van der Waals surface area contributed by atoms with Gasteiger partial charge < -0.3 is 10.6 Å². The predicted molar refractivity (Wildman–Crippen MR) is 92.3 cm³/mol. The minimum atomic E-state index is -0.263. The molecule has 0 bridgehead atoms. The van der Waals surface area contributed by atoms with E-state index in [-0.39, 0.29) is 30.2 Å². The maximum absolute atomic E-state index is 13.0. The van der Waals surface area contributed by atoms with Crippen molar-refractivity contribution in [2.75, 3.05) is 13.6 Å². The Labute approximate surface area is 140 Å². The molecule has 1 amide bonds. The van der Waals surface area contributed by atoms with Crippen LogP contribution in [0.3, 0.4) is 0 Å².